The van der Waals surface area contributed by atoms with Gasteiger partial charge in [0, 0.05) is 6.20 Å². The molecule has 0 radical (unpaired) electrons. The average Bonchev–Trinajstić information content (AvgIpc) is 2.71. The monoisotopic (exact) mass is 222 g/mol. The van der Waals surface area contributed by atoms with E-state index < -0.39 is 6.10 Å². The van der Waals surface area contributed by atoms with Crippen molar-refractivity contribution in [1.82, 2.24) is 20.2 Å². The molecule has 0 saturated heterocycles. The number of aliphatic hydroxyl groups excluding tert-OH is 1. The Bertz CT molecular complexity index is 429. The van der Waals surface area contributed by atoms with E-state index in [0.29, 0.717) is 5.16 Å². The summed E-state index contributed by atoms with van der Waals surface area (Å²) in [6.45, 7) is 1.72. The molecule has 5 nitrogen and oxygen atoms in total. The molecule has 0 spiro atoms. The van der Waals surface area contributed by atoms with Gasteiger partial charge in [0.2, 0.25) is 0 Å². The zero-order chi connectivity index (χ0) is 10.7. The number of H-pyrrole nitrogens is 1. The lowest BCUT2D eigenvalue weighted by atomic mass is 10.2. The highest BCUT2D eigenvalue weighted by atomic mass is 32.2. The number of aliphatic hydroxyl groups is 1. The third-order valence-electron chi connectivity index (χ3n) is 1.84. The number of rotatable bonds is 3. The van der Waals surface area contributed by atoms with Crippen molar-refractivity contribution in [3.8, 4) is 0 Å². The fourth-order valence-corrected chi connectivity index (χ4v) is 1.79. The predicted molar refractivity (Wildman–Crippen MR) is 55.4 cm³/mol. The highest BCUT2D eigenvalue weighted by Gasteiger charge is 2.05. The molecule has 1 atom stereocenters. The Labute approximate surface area is 91.0 Å². The Morgan fingerprint density at radius 1 is 1.47 bits per heavy atom. The van der Waals surface area contributed by atoms with Gasteiger partial charge in [-0.3, -0.25) is 5.10 Å². The van der Waals surface area contributed by atoms with Gasteiger partial charge in [-0.15, -0.1) is 0 Å². The minimum Gasteiger partial charge on any atom is -0.389 e. The molecule has 2 aromatic heterocycles. The van der Waals surface area contributed by atoms with Crippen molar-refractivity contribution < 1.29 is 5.11 Å². The van der Waals surface area contributed by atoms with Gasteiger partial charge in [0.25, 0.3) is 0 Å². The molecule has 2 rings (SSSR count). The van der Waals surface area contributed by atoms with Crippen LogP contribution in [0.1, 0.15) is 18.6 Å². The molecule has 0 saturated carbocycles. The standard InChI is InChI=1S/C9H10N4OS/c1-6(14)7-2-3-10-8(4-7)15-9-11-5-12-13-9/h2-6,14H,1H3,(H,11,12,13)/t6-/m0/s1. The molecular formula is C9H10N4OS. The number of pyridine rings is 1. The van der Waals surface area contributed by atoms with Crippen LogP contribution in [0.5, 0.6) is 0 Å². The van der Waals surface area contributed by atoms with Crippen LogP contribution in [-0.4, -0.2) is 25.3 Å². The van der Waals surface area contributed by atoms with E-state index in [9.17, 15) is 5.11 Å². The number of hydrogen-bond donors (Lipinski definition) is 2. The van der Waals surface area contributed by atoms with Crippen LogP contribution in [0.4, 0.5) is 0 Å². The summed E-state index contributed by atoms with van der Waals surface area (Å²) >= 11 is 1.37. The van der Waals surface area contributed by atoms with E-state index in [-0.39, 0.29) is 0 Å². The van der Waals surface area contributed by atoms with Gasteiger partial charge >= 0.3 is 0 Å². The summed E-state index contributed by atoms with van der Waals surface area (Å²) in [6, 6.07) is 3.62. The van der Waals surface area contributed by atoms with E-state index in [1.54, 1.807) is 19.2 Å². The largest absolute Gasteiger partial charge is 0.389 e. The van der Waals surface area contributed by atoms with Crippen molar-refractivity contribution in [1.29, 1.82) is 0 Å². The molecule has 0 unspecified atom stereocenters. The predicted octanol–water partition coefficient (Wildman–Crippen LogP) is 1.40. The second-order valence-electron chi connectivity index (χ2n) is 3.00. The van der Waals surface area contributed by atoms with Crippen molar-refractivity contribution in [3.05, 3.63) is 30.2 Å². The number of aromatic amines is 1. The Morgan fingerprint density at radius 3 is 3.00 bits per heavy atom. The molecule has 0 fully saturated rings. The third-order valence-corrected chi connectivity index (χ3v) is 2.66. The van der Waals surface area contributed by atoms with Crippen molar-refractivity contribution >= 4 is 11.8 Å². The highest BCUT2D eigenvalue weighted by Crippen LogP contribution is 2.24. The van der Waals surface area contributed by atoms with Crippen molar-refractivity contribution in [3.63, 3.8) is 0 Å². The molecule has 6 heteroatoms. The molecule has 0 bridgehead atoms. The Balaban J connectivity index is 2.18. The Hall–Kier alpha value is -1.40. The Kier molecular flexibility index (Phi) is 2.98. The molecule has 78 valence electrons. The number of nitrogens with zero attached hydrogens (tertiary/aromatic N) is 3. The summed E-state index contributed by atoms with van der Waals surface area (Å²) in [7, 11) is 0. The SMILES string of the molecule is C[C@H](O)c1ccnc(Sc2ncn[nH]2)c1. The topological polar surface area (TPSA) is 74.7 Å². The summed E-state index contributed by atoms with van der Waals surface area (Å²) in [4.78, 5) is 8.14. The number of aromatic nitrogens is 4. The molecule has 0 aliphatic rings. The maximum Gasteiger partial charge on any atom is 0.189 e. The van der Waals surface area contributed by atoms with Gasteiger partial charge in [0.15, 0.2) is 5.16 Å². The molecule has 2 N–H and O–H groups in total. The van der Waals surface area contributed by atoms with Crippen LogP contribution in [0.2, 0.25) is 0 Å². The first-order valence-corrected chi connectivity index (χ1v) is 5.24. The zero-order valence-corrected chi connectivity index (χ0v) is 8.90. The van der Waals surface area contributed by atoms with E-state index in [1.165, 1.54) is 18.1 Å². The molecule has 0 aliphatic carbocycles. The van der Waals surface area contributed by atoms with Crippen LogP contribution < -0.4 is 0 Å². The molecule has 2 aromatic rings. The molecule has 0 aromatic carbocycles. The molecule has 0 aliphatic heterocycles. The van der Waals surface area contributed by atoms with Crippen LogP contribution in [0.25, 0.3) is 0 Å². The molecule has 2 heterocycles. The van der Waals surface area contributed by atoms with Crippen LogP contribution in [0.3, 0.4) is 0 Å². The summed E-state index contributed by atoms with van der Waals surface area (Å²) in [5, 5.41) is 17.3. The van der Waals surface area contributed by atoms with E-state index in [1.807, 2.05) is 6.07 Å². The van der Waals surface area contributed by atoms with Gasteiger partial charge in [0.05, 0.1) is 6.10 Å². The smallest absolute Gasteiger partial charge is 0.189 e. The van der Waals surface area contributed by atoms with Gasteiger partial charge in [0.1, 0.15) is 11.4 Å². The van der Waals surface area contributed by atoms with Gasteiger partial charge in [-0.2, -0.15) is 5.10 Å². The minimum atomic E-state index is -0.484. The molecular weight excluding hydrogens is 212 g/mol. The summed E-state index contributed by atoms with van der Waals surface area (Å²) in [5.74, 6) is 0. The van der Waals surface area contributed by atoms with Crippen LogP contribution in [-0.2, 0) is 0 Å². The van der Waals surface area contributed by atoms with Crippen LogP contribution in [0.15, 0.2) is 34.8 Å². The van der Waals surface area contributed by atoms with E-state index >= 15 is 0 Å². The van der Waals surface area contributed by atoms with Crippen molar-refractivity contribution in [2.45, 2.75) is 23.2 Å². The highest BCUT2D eigenvalue weighted by molar-refractivity contribution is 7.99. The average molecular weight is 222 g/mol. The second-order valence-corrected chi connectivity index (χ2v) is 4.01. The van der Waals surface area contributed by atoms with E-state index in [0.717, 1.165) is 10.6 Å². The summed E-state index contributed by atoms with van der Waals surface area (Å²) < 4.78 is 0. The first kappa shape index (κ1) is 10.1. The number of hydrogen-bond acceptors (Lipinski definition) is 5. The van der Waals surface area contributed by atoms with Crippen LogP contribution >= 0.6 is 11.8 Å². The minimum absolute atomic E-state index is 0.484. The van der Waals surface area contributed by atoms with Crippen molar-refractivity contribution in [2.75, 3.05) is 0 Å². The lowest BCUT2D eigenvalue weighted by Gasteiger charge is -2.04. The Morgan fingerprint density at radius 2 is 2.33 bits per heavy atom. The number of nitrogens with one attached hydrogen (secondary N) is 1. The van der Waals surface area contributed by atoms with Gasteiger partial charge in [-0.1, -0.05) is 0 Å². The first-order chi connectivity index (χ1) is 7.25. The second kappa shape index (κ2) is 4.41. The van der Waals surface area contributed by atoms with E-state index in [2.05, 4.69) is 20.2 Å². The summed E-state index contributed by atoms with van der Waals surface area (Å²) in [6.07, 6.45) is 2.63. The lowest BCUT2D eigenvalue weighted by Crippen LogP contribution is -1.92. The lowest BCUT2D eigenvalue weighted by molar-refractivity contribution is 0.199. The maximum absolute atomic E-state index is 9.40. The van der Waals surface area contributed by atoms with E-state index in [4.69, 9.17) is 0 Å². The van der Waals surface area contributed by atoms with Crippen molar-refractivity contribution in [2.24, 2.45) is 0 Å². The fraction of sp³-hybridized carbons (Fsp3) is 0.222. The van der Waals surface area contributed by atoms with Gasteiger partial charge in [-0.25, -0.2) is 9.97 Å². The third kappa shape index (κ3) is 2.54. The first-order valence-electron chi connectivity index (χ1n) is 4.43. The van der Waals surface area contributed by atoms with Gasteiger partial charge in [-0.05, 0) is 36.4 Å². The zero-order valence-electron chi connectivity index (χ0n) is 8.08. The fourth-order valence-electron chi connectivity index (χ4n) is 1.08. The normalized spacial score (nSPS) is 12.7. The molecule has 15 heavy (non-hydrogen) atoms. The molecule has 0 amide bonds. The maximum atomic E-state index is 9.40. The quantitative estimate of drug-likeness (QED) is 0.821. The van der Waals surface area contributed by atoms with Gasteiger partial charge < -0.3 is 5.11 Å². The van der Waals surface area contributed by atoms with Crippen LogP contribution in [0, 0.1) is 0 Å². The summed E-state index contributed by atoms with van der Waals surface area (Å²) in [5.41, 5.74) is 0.840.